The predicted molar refractivity (Wildman–Crippen MR) is 197 cm³/mol. The van der Waals surface area contributed by atoms with Crippen LogP contribution < -0.4 is 10.6 Å². The number of aromatic carboxylic acids is 2. The van der Waals surface area contributed by atoms with Gasteiger partial charge >= 0.3 is 11.9 Å². The van der Waals surface area contributed by atoms with Crippen molar-refractivity contribution < 1.29 is 29.4 Å². The van der Waals surface area contributed by atoms with E-state index in [1.54, 1.807) is 24.3 Å². The zero-order valence-electron chi connectivity index (χ0n) is 26.7. The van der Waals surface area contributed by atoms with Gasteiger partial charge in [0.25, 0.3) is 0 Å². The normalized spacial score (nSPS) is 12.4. The lowest BCUT2D eigenvalue weighted by Crippen LogP contribution is -2.35. The topological polar surface area (TPSA) is 164 Å². The van der Waals surface area contributed by atoms with Crippen LogP contribution >= 0.6 is 21.6 Å². The van der Waals surface area contributed by atoms with Crippen LogP contribution in [-0.2, 0) is 35.5 Å². The first kappa shape index (κ1) is 34.4. The number of carboxylic acid groups (broad SMARTS) is 2. The third kappa shape index (κ3) is 8.39. The summed E-state index contributed by atoms with van der Waals surface area (Å²) in [4.78, 5) is 56.7. The monoisotopic (exact) mass is 706 g/mol. The van der Waals surface area contributed by atoms with Crippen molar-refractivity contribution in [3.8, 4) is 0 Å². The Hall–Kier alpha value is -5.46. The number of aromatic nitrogens is 2. The Morgan fingerprint density at radius 3 is 1.32 bits per heavy atom. The fraction of sp³-hybridized carbons (Fsp3) is 0.158. The molecule has 10 nitrogen and oxygen atoms in total. The number of hydrogen-bond acceptors (Lipinski definition) is 6. The number of hydrogen-bond donors (Lipinski definition) is 6. The zero-order chi connectivity index (χ0) is 35.0. The lowest BCUT2D eigenvalue weighted by Gasteiger charge is -2.20. The molecule has 2 heterocycles. The molecule has 0 spiro atoms. The van der Waals surface area contributed by atoms with E-state index < -0.39 is 22.4 Å². The fourth-order valence-corrected chi connectivity index (χ4v) is 8.45. The van der Waals surface area contributed by atoms with E-state index in [0.717, 1.165) is 44.1 Å². The van der Waals surface area contributed by atoms with Gasteiger partial charge in [0.05, 0.1) is 21.6 Å². The molecule has 2 aromatic heterocycles. The third-order valence-electron chi connectivity index (χ3n) is 8.37. The summed E-state index contributed by atoms with van der Waals surface area (Å²) in [5, 5.41) is 25.4. The van der Waals surface area contributed by atoms with Crippen LogP contribution in [0.1, 0.15) is 43.0 Å². The Morgan fingerprint density at radius 1 is 0.560 bits per heavy atom. The number of fused-ring (bicyclic) bond motifs is 2. The number of carbonyl (C=O) groups is 4. The molecular weight excluding hydrogens is 673 g/mol. The molecule has 0 aliphatic carbocycles. The molecule has 2 atom stereocenters. The second-order valence-electron chi connectivity index (χ2n) is 11.7. The van der Waals surface area contributed by atoms with Crippen LogP contribution in [0.2, 0.25) is 0 Å². The molecule has 6 rings (SSSR count). The average Bonchev–Trinajstić information content (AvgIpc) is 3.74. The first-order valence-corrected chi connectivity index (χ1v) is 18.1. The quantitative estimate of drug-likeness (QED) is 0.0652. The van der Waals surface area contributed by atoms with Crippen LogP contribution in [0.3, 0.4) is 0 Å². The van der Waals surface area contributed by atoms with Crippen LogP contribution in [0.25, 0.3) is 21.8 Å². The van der Waals surface area contributed by atoms with Crippen LogP contribution in [0.4, 0.5) is 0 Å². The van der Waals surface area contributed by atoms with Crippen LogP contribution in [0.15, 0.2) is 109 Å². The Balaban J connectivity index is 1.21. The molecule has 12 heteroatoms. The summed E-state index contributed by atoms with van der Waals surface area (Å²) in [5.74, 6) is -2.45. The molecular formula is C38H34N4O6S2. The first-order valence-electron chi connectivity index (χ1n) is 15.9. The molecule has 0 saturated heterocycles. The summed E-state index contributed by atoms with van der Waals surface area (Å²) in [6.07, 6.45) is 4.63. The van der Waals surface area contributed by atoms with E-state index in [1.807, 2.05) is 60.9 Å². The van der Waals surface area contributed by atoms with Gasteiger partial charge in [-0.1, -0.05) is 82.3 Å². The summed E-state index contributed by atoms with van der Waals surface area (Å²) >= 11 is 0. The lowest BCUT2D eigenvalue weighted by atomic mass is 10.1. The number of H-pyrrole nitrogens is 2. The molecule has 0 bridgehead atoms. The van der Waals surface area contributed by atoms with Crippen molar-refractivity contribution in [1.82, 2.24) is 20.6 Å². The van der Waals surface area contributed by atoms with Crippen molar-refractivity contribution in [1.29, 1.82) is 0 Å². The second kappa shape index (κ2) is 15.8. The lowest BCUT2D eigenvalue weighted by molar-refractivity contribution is -0.121. The van der Waals surface area contributed by atoms with Gasteiger partial charge in [0, 0.05) is 47.3 Å². The van der Waals surface area contributed by atoms with Gasteiger partial charge in [0.1, 0.15) is 0 Å². The van der Waals surface area contributed by atoms with E-state index in [4.69, 9.17) is 0 Å². The van der Waals surface area contributed by atoms with E-state index in [9.17, 15) is 29.4 Å². The minimum Gasteiger partial charge on any atom is -0.478 e. The molecule has 2 unspecified atom stereocenters. The highest BCUT2D eigenvalue weighted by atomic mass is 33.1. The Kier molecular flexibility index (Phi) is 10.9. The standard InChI is InChI=1S/C38H34N4O6S2/c43-35(41-19-23-9-13-25(14-10-23)37(45)46)33(17-27-21-39-31-7-3-1-5-29(27)31)49-50-34(18-28-22-40-32-8-4-2-6-30(28)32)36(44)42-20-24-11-15-26(16-12-24)38(47)48/h1-16,21-22,33-34,39-40H,17-20H2,(H,41,43)(H,42,44)(H,45,46)(H,47,48). The smallest absolute Gasteiger partial charge is 0.335 e. The molecule has 2 amide bonds. The summed E-state index contributed by atoms with van der Waals surface area (Å²) in [6.45, 7) is 0.433. The maximum atomic E-state index is 13.8. The van der Waals surface area contributed by atoms with Gasteiger partial charge in [0.2, 0.25) is 11.8 Å². The molecule has 0 aliphatic rings. The van der Waals surface area contributed by atoms with Crippen molar-refractivity contribution in [2.75, 3.05) is 0 Å². The molecule has 6 N–H and O–H groups in total. The van der Waals surface area contributed by atoms with Gasteiger partial charge in [-0.05, 0) is 71.5 Å². The number of carbonyl (C=O) groups excluding carboxylic acids is 2. The summed E-state index contributed by atoms with van der Waals surface area (Å²) in [7, 11) is 2.69. The number of para-hydroxylation sites is 2. The Labute approximate surface area is 295 Å². The minimum absolute atomic E-state index is 0.168. The molecule has 0 aliphatic heterocycles. The molecule has 254 valence electrons. The van der Waals surface area contributed by atoms with Crippen LogP contribution in [0, 0.1) is 0 Å². The summed E-state index contributed by atoms with van der Waals surface area (Å²) in [6, 6.07) is 28.5. The van der Waals surface area contributed by atoms with E-state index in [1.165, 1.54) is 45.9 Å². The van der Waals surface area contributed by atoms with Gasteiger partial charge in [-0.3, -0.25) is 9.59 Å². The highest BCUT2D eigenvalue weighted by molar-refractivity contribution is 8.77. The van der Waals surface area contributed by atoms with Gasteiger partial charge in [0.15, 0.2) is 0 Å². The Morgan fingerprint density at radius 2 is 0.940 bits per heavy atom. The molecule has 50 heavy (non-hydrogen) atoms. The van der Waals surface area contributed by atoms with E-state index in [0.29, 0.717) is 12.8 Å². The molecule has 0 fully saturated rings. The molecule has 0 saturated carbocycles. The van der Waals surface area contributed by atoms with Crippen molar-refractivity contribution in [3.63, 3.8) is 0 Å². The van der Waals surface area contributed by atoms with Gasteiger partial charge in [-0.2, -0.15) is 0 Å². The molecule has 6 aromatic rings. The summed E-state index contributed by atoms with van der Waals surface area (Å²) < 4.78 is 0. The number of carboxylic acids is 2. The number of aromatic amines is 2. The highest BCUT2D eigenvalue weighted by Crippen LogP contribution is 2.37. The first-order chi connectivity index (χ1) is 24.2. The third-order valence-corrected chi connectivity index (χ3v) is 11.4. The fourth-order valence-electron chi connectivity index (χ4n) is 5.61. The maximum Gasteiger partial charge on any atom is 0.335 e. The van der Waals surface area contributed by atoms with E-state index in [2.05, 4.69) is 20.6 Å². The number of rotatable bonds is 15. The molecule has 4 aromatic carbocycles. The van der Waals surface area contributed by atoms with E-state index >= 15 is 0 Å². The Bertz CT molecular complexity index is 1990. The number of amides is 2. The average molecular weight is 707 g/mol. The van der Waals surface area contributed by atoms with Gasteiger partial charge < -0.3 is 30.8 Å². The summed E-state index contributed by atoms with van der Waals surface area (Å²) in [5.41, 5.74) is 5.74. The predicted octanol–water partition coefficient (Wildman–Crippen LogP) is 6.58. The second-order valence-corrected chi connectivity index (χ2v) is 14.4. The highest BCUT2D eigenvalue weighted by Gasteiger charge is 2.27. The van der Waals surface area contributed by atoms with Gasteiger partial charge in [-0.25, -0.2) is 9.59 Å². The van der Waals surface area contributed by atoms with Crippen molar-refractivity contribution in [3.05, 3.63) is 143 Å². The van der Waals surface area contributed by atoms with Crippen molar-refractivity contribution >= 4 is 67.1 Å². The zero-order valence-corrected chi connectivity index (χ0v) is 28.4. The van der Waals surface area contributed by atoms with Crippen molar-refractivity contribution in [2.45, 2.75) is 36.4 Å². The molecule has 0 radical (unpaired) electrons. The SMILES string of the molecule is O=C(O)c1ccc(CNC(=O)C(Cc2c[nH]c3ccccc23)SSC(Cc2c[nH]c3ccccc23)C(=O)NCc2ccc(C(=O)O)cc2)cc1. The minimum atomic E-state index is -1.02. The number of benzene rings is 4. The van der Waals surface area contributed by atoms with Crippen LogP contribution in [-0.4, -0.2) is 54.4 Å². The largest absolute Gasteiger partial charge is 0.478 e. The number of nitrogens with one attached hydrogen (secondary N) is 4. The van der Waals surface area contributed by atoms with E-state index in [-0.39, 0.29) is 36.0 Å². The maximum absolute atomic E-state index is 13.8. The van der Waals surface area contributed by atoms with Crippen LogP contribution in [0.5, 0.6) is 0 Å². The van der Waals surface area contributed by atoms with Gasteiger partial charge in [-0.15, -0.1) is 0 Å². The van der Waals surface area contributed by atoms with Crippen molar-refractivity contribution in [2.24, 2.45) is 0 Å².